The van der Waals surface area contributed by atoms with Crippen molar-refractivity contribution in [1.29, 1.82) is 0 Å². The highest BCUT2D eigenvalue weighted by Gasteiger charge is 1.70. The van der Waals surface area contributed by atoms with Crippen molar-refractivity contribution in [1.82, 2.24) is 0 Å². The maximum Gasteiger partial charge on any atom is 0.503 e. The Kier molecular flexibility index (Phi) is 517. The smallest absolute Gasteiger partial charge is 0.450 e. The molecule has 10 N–H and O–H groups in total. The largest absolute Gasteiger partial charge is 0.503 e. The van der Waals surface area contributed by atoms with Gasteiger partial charge in [-0.25, -0.2) is 4.79 Å². The highest BCUT2D eigenvalue weighted by atomic mass is 27.0. The first kappa shape index (κ1) is 85.0. The molecule has 7 nitrogen and oxygen atoms in total. The van der Waals surface area contributed by atoms with Gasteiger partial charge in [0.2, 0.25) is 0 Å². The van der Waals surface area contributed by atoms with Crippen LogP contribution < -0.4 is 0 Å². The Morgan fingerprint density at radius 2 is 0.800 bits per heavy atom. The molecule has 0 rings (SSSR count). The average molecular weight is 188 g/mol. The molecule has 0 unspecified atom stereocenters. The number of carboxylic acid groups (broad SMARTS) is 2. The molecule has 62 valence electrons. The molecule has 0 saturated heterocycles. The van der Waals surface area contributed by atoms with Crippen LogP contribution in [-0.4, -0.2) is 73.0 Å². The lowest BCUT2D eigenvalue weighted by atomic mass is 11.5. The first-order valence-corrected chi connectivity index (χ1v) is 0.651. The molecule has 0 atom stereocenters. The van der Waals surface area contributed by atoms with Crippen LogP contribution in [0.2, 0.25) is 0 Å². The van der Waals surface area contributed by atoms with Crippen LogP contribution in [0.3, 0.4) is 0 Å². The minimum atomic E-state index is -1.83. The summed E-state index contributed by atoms with van der Waals surface area (Å²) in [7, 11) is 0. The molecule has 0 bridgehead atoms. The second-order valence-corrected chi connectivity index (χ2v) is 0.283. The molecule has 0 fully saturated rings. The van der Waals surface area contributed by atoms with E-state index in [0.29, 0.717) is 0 Å². The van der Waals surface area contributed by atoms with Crippen molar-refractivity contribution >= 4 is 40.9 Å². The van der Waals surface area contributed by atoms with Crippen molar-refractivity contribution in [3.8, 4) is 0 Å². The summed E-state index contributed by atoms with van der Waals surface area (Å²) in [5.74, 6) is 0. The Hall–Kier alpha value is 0.175. The molecule has 0 amide bonds. The van der Waals surface area contributed by atoms with Gasteiger partial charge >= 0.3 is 6.16 Å². The van der Waals surface area contributed by atoms with E-state index in [-0.39, 0.29) is 56.6 Å². The van der Waals surface area contributed by atoms with E-state index in [4.69, 9.17) is 15.0 Å². The molecule has 9 heteroatoms. The summed E-state index contributed by atoms with van der Waals surface area (Å²) in [5.41, 5.74) is 0. The van der Waals surface area contributed by atoms with Crippen LogP contribution in [0.15, 0.2) is 0 Å². The molecule has 0 aliphatic heterocycles. The zero-order valence-electron chi connectivity index (χ0n) is 4.96. The minimum absolute atomic E-state index is 0. The number of hydrogen-bond acceptors (Lipinski definition) is 1. The third-order valence-electron chi connectivity index (χ3n) is 0. The fourth-order valence-corrected chi connectivity index (χ4v) is 0. The lowest BCUT2D eigenvalue weighted by molar-refractivity contribution is 0.137. The van der Waals surface area contributed by atoms with E-state index in [1.165, 1.54) is 0 Å². The summed E-state index contributed by atoms with van der Waals surface area (Å²) in [5, 5.41) is 13.9. The Labute approximate surface area is 78.2 Å². The number of carbonyl (C=O) groups is 1. The van der Waals surface area contributed by atoms with Gasteiger partial charge in [-0.15, -0.1) is 0 Å². The van der Waals surface area contributed by atoms with Crippen molar-refractivity contribution in [2.45, 2.75) is 0 Å². The van der Waals surface area contributed by atoms with Gasteiger partial charge in [0.1, 0.15) is 0 Å². The van der Waals surface area contributed by atoms with Crippen molar-refractivity contribution in [3.05, 3.63) is 0 Å². The predicted octanol–water partition coefficient (Wildman–Crippen LogP) is -3.84. The van der Waals surface area contributed by atoms with Gasteiger partial charge in [-0.05, 0) is 0 Å². The molecule has 0 aliphatic rings. The van der Waals surface area contributed by atoms with Crippen LogP contribution >= 0.6 is 0 Å². The van der Waals surface area contributed by atoms with Gasteiger partial charge in [0.25, 0.3) is 0 Å². The van der Waals surface area contributed by atoms with Gasteiger partial charge < -0.3 is 32.1 Å². The average Bonchev–Trinajstić information content (AvgIpc) is 0.811. The quantitative estimate of drug-likeness (QED) is 0.369. The van der Waals surface area contributed by atoms with Crippen LogP contribution in [0.1, 0.15) is 0 Å². The monoisotopic (exact) mass is 188 g/mol. The molecule has 0 aliphatic carbocycles. The van der Waals surface area contributed by atoms with E-state index >= 15 is 0 Å². The minimum Gasteiger partial charge on any atom is -0.450 e. The van der Waals surface area contributed by atoms with Crippen molar-refractivity contribution < 1.29 is 36.9 Å². The third-order valence-corrected chi connectivity index (χ3v) is 0. The molecule has 0 saturated carbocycles. The topological polar surface area (TPSA) is 184 Å². The van der Waals surface area contributed by atoms with Crippen LogP contribution in [0.25, 0.3) is 0 Å². The van der Waals surface area contributed by atoms with E-state index in [1.807, 2.05) is 0 Å². The molecule has 0 heterocycles. The van der Waals surface area contributed by atoms with Crippen LogP contribution in [0.5, 0.6) is 0 Å². The van der Waals surface area contributed by atoms with Crippen molar-refractivity contribution in [3.63, 3.8) is 0 Å². The summed E-state index contributed by atoms with van der Waals surface area (Å²) in [6.45, 7) is 0. The predicted molar refractivity (Wildman–Crippen MR) is 36.6 cm³/mol. The Morgan fingerprint density at radius 1 is 0.800 bits per heavy atom. The molecule has 0 aromatic heterocycles. The lowest BCUT2D eigenvalue weighted by Crippen LogP contribution is -1.81. The fourth-order valence-electron chi connectivity index (χ4n) is 0. The zero-order valence-corrected chi connectivity index (χ0v) is 7.27. The van der Waals surface area contributed by atoms with E-state index in [9.17, 15) is 0 Å². The summed E-state index contributed by atoms with van der Waals surface area (Å²) >= 11 is 0. The van der Waals surface area contributed by atoms with Gasteiger partial charge in [-0.2, -0.15) is 0 Å². The Morgan fingerprint density at radius 3 is 0.800 bits per heavy atom. The molecule has 0 aromatic rings. The van der Waals surface area contributed by atoms with Gasteiger partial charge in [0.15, 0.2) is 0 Å². The van der Waals surface area contributed by atoms with Gasteiger partial charge in [0, 0.05) is 34.7 Å². The second-order valence-electron chi connectivity index (χ2n) is 0.283. The zero-order chi connectivity index (χ0) is 3.58. The van der Waals surface area contributed by atoms with E-state index < -0.39 is 6.16 Å². The standard InChI is InChI=1S/CH2O3.2Al.4H2O/c2-1(3)4;;;;;;/h(H2,2,3,4);;;4*1H2. The number of rotatable bonds is 0. The normalized spacial score (nSPS) is 2.40. The van der Waals surface area contributed by atoms with Crippen molar-refractivity contribution in [2.75, 3.05) is 0 Å². The van der Waals surface area contributed by atoms with Crippen LogP contribution in [-0.2, 0) is 0 Å². The molecular formula is CH10Al2O7. The van der Waals surface area contributed by atoms with E-state index in [1.54, 1.807) is 0 Å². The highest BCUT2D eigenvalue weighted by molar-refractivity contribution is 5.76. The molecule has 10 heavy (non-hydrogen) atoms. The van der Waals surface area contributed by atoms with E-state index in [0.717, 1.165) is 0 Å². The molecular weight excluding hydrogens is 178 g/mol. The van der Waals surface area contributed by atoms with Gasteiger partial charge in [0.05, 0.1) is 0 Å². The summed E-state index contributed by atoms with van der Waals surface area (Å²) in [4.78, 5) is 8.56. The second kappa shape index (κ2) is 60.8. The Bertz CT molecular complexity index is 34.6. The van der Waals surface area contributed by atoms with Gasteiger partial charge in [-0.3, -0.25) is 0 Å². The maximum atomic E-state index is 8.56. The highest BCUT2D eigenvalue weighted by Crippen LogP contribution is 1.42. The number of hydrogen-bond donors (Lipinski definition) is 2. The molecule has 0 spiro atoms. The third kappa shape index (κ3) is 13800. The van der Waals surface area contributed by atoms with Gasteiger partial charge in [-0.1, -0.05) is 0 Å². The summed E-state index contributed by atoms with van der Waals surface area (Å²) < 4.78 is 0. The summed E-state index contributed by atoms with van der Waals surface area (Å²) in [6.07, 6.45) is -1.83. The molecule has 0 aromatic carbocycles. The van der Waals surface area contributed by atoms with Crippen LogP contribution in [0.4, 0.5) is 4.79 Å². The lowest BCUT2D eigenvalue weighted by Gasteiger charge is -1.60. The Balaban J connectivity index is -0.00000000300. The first-order valence-electron chi connectivity index (χ1n) is 0.651. The first-order chi connectivity index (χ1) is 1.73. The summed E-state index contributed by atoms with van der Waals surface area (Å²) in [6, 6.07) is 0. The van der Waals surface area contributed by atoms with Crippen LogP contribution in [0, 0.1) is 0 Å². The van der Waals surface area contributed by atoms with Crippen molar-refractivity contribution in [2.24, 2.45) is 0 Å². The van der Waals surface area contributed by atoms with E-state index in [2.05, 4.69) is 0 Å². The fraction of sp³-hybridized carbons (Fsp3) is 0. The molecule has 6 radical (unpaired) electrons. The SMILES string of the molecule is O.O.O.O.O=C(O)O.[Al].[Al]. The maximum absolute atomic E-state index is 8.56.